The van der Waals surface area contributed by atoms with Gasteiger partial charge in [0.25, 0.3) is 5.91 Å². The minimum atomic E-state index is -0.366. The number of fused-ring (bicyclic) bond motifs is 1. The van der Waals surface area contributed by atoms with E-state index in [0.29, 0.717) is 23.1 Å². The Labute approximate surface area is 166 Å². The SMILES string of the molecule is Cc1nn(Cc2ccccc2Cl)c2sc(C(=O)NO[C@@H]3CCCCO3)cc12. The monoisotopic (exact) mass is 405 g/mol. The number of hydrogen-bond donors (Lipinski definition) is 1. The summed E-state index contributed by atoms with van der Waals surface area (Å²) in [7, 11) is 0. The van der Waals surface area contributed by atoms with Gasteiger partial charge in [-0.05, 0) is 37.5 Å². The van der Waals surface area contributed by atoms with Crippen molar-refractivity contribution in [3.8, 4) is 0 Å². The predicted octanol–water partition coefficient (Wildman–Crippen LogP) is 4.30. The van der Waals surface area contributed by atoms with Gasteiger partial charge >= 0.3 is 0 Å². The van der Waals surface area contributed by atoms with Crippen LogP contribution in [0.1, 0.15) is 40.2 Å². The van der Waals surface area contributed by atoms with Crippen LogP contribution in [0.15, 0.2) is 30.3 Å². The number of amides is 1. The van der Waals surface area contributed by atoms with Gasteiger partial charge in [-0.3, -0.25) is 9.48 Å². The number of hydroxylamine groups is 1. The number of carbonyl (C=O) groups is 1. The van der Waals surface area contributed by atoms with Gasteiger partial charge in [-0.25, -0.2) is 10.3 Å². The van der Waals surface area contributed by atoms with Gasteiger partial charge in [-0.1, -0.05) is 29.8 Å². The van der Waals surface area contributed by atoms with Crippen molar-refractivity contribution in [1.82, 2.24) is 15.3 Å². The van der Waals surface area contributed by atoms with Crippen molar-refractivity contribution in [2.24, 2.45) is 0 Å². The van der Waals surface area contributed by atoms with Crippen LogP contribution in [0.25, 0.3) is 10.2 Å². The molecule has 1 amide bonds. The smallest absolute Gasteiger partial charge is 0.285 e. The van der Waals surface area contributed by atoms with Gasteiger partial charge in [0.1, 0.15) is 4.83 Å². The van der Waals surface area contributed by atoms with Gasteiger partial charge in [0.05, 0.1) is 17.1 Å². The second-order valence-electron chi connectivity index (χ2n) is 6.51. The van der Waals surface area contributed by atoms with E-state index in [1.54, 1.807) is 0 Å². The first kappa shape index (κ1) is 18.4. The number of thiophene rings is 1. The van der Waals surface area contributed by atoms with Crippen LogP contribution in [0.3, 0.4) is 0 Å². The first-order valence-corrected chi connectivity index (χ1v) is 10.1. The standard InChI is InChI=1S/C19H20ClN3O3S/c1-12-14-10-16(18(24)22-26-17-8-4-5-9-25-17)27-19(14)23(21-12)11-13-6-2-3-7-15(13)20/h2-3,6-7,10,17H,4-5,8-9,11H2,1H3,(H,22,24)/t17-/m1/s1. The van der Waals surface area contributed by atoms with E-state index in [-0.39, 0.29) is 12.2 Å². The lowest BCUT2D eigenvalue weighted by atomic mass is 10.2. The molecule has 1 fully saturated rings. The van der Waals surface area contributed by atoms with Crippen LogP contribution in [0, 0.1) is 6.92 Å². The van der Waals surface area contributed by atoms with Gasteiger partial charge in [-0.2, -0.15) is 5.10 Å². The number of carbonyl (C=O) groups excluding carboxylic acids is 1. The van der Waals surface area contributed by atoms with E-state index in [0.717, 1.165) is 40.7 Å². The van der Waals surface area contributed by atoms with Crippen molar-refractivity contribution in [3.05, 3.63) is 51.5 Å². The summed E-state index contributed by atoms with van der Waals surface area (Å²) in [5.41, 5.74) is 4.38. The molecule has 27 heavy (non-hydrogen) atoms. The number of rotatable bonds is 5. The molecule has 0 saturated carbocycles. The summed E-state index contributed by atoms with van der Waals surface area (Å²) in [6.45, 7) is 3.16. The highest BCUT2D eigenvalue weighted by molar-refractivity contribution is 7.20. The summed E-state index contributed by atoms with van der Waals surface area (Å²) in [6.07, 6.45) is 2.50. The lowest BCUT2D eigenvalue weighted by Crippen LogP contribution is -2.32. The van der Waals surface area contributed by atoms with E-state index in [9.17, 15) is 4.79 Å². The number of nitrogens with one attached hydrogen (secondary N) is 1. The number of benzene rings is 1. The zero-order chi connectivity index (χ0) is 18.8. The fourth-order valence-electron chi connectivity index (χ4n) is 3.09. The molecule has 1 atom stereocenters. The quantitative estimate of drug-likeness (QED) is 0.643. The van der Waals surface area contributed by atoms with Crippen molar-refractivity contribution in [2.75, 3.05) is 6.61 Å². The third-order valence-electron chi connectivity index (χ3n) is 4.53. The topological polar surface area (TPSA) is 65.4 Å². The normalized spacial score (nSPS) is 17.3. The summed E-state index contributed by atoms with van der Waals surface area (Å²) in [5.74, 6) is -0.269. The second-order valence-corrected chi connectivity index (χ2v) is 7.95. The molecule has 8 heteroatoms. The molecule has 4 rings (SSSR count). The number of halogens is 1. The van der Waals surface area contributed by atoms with E-state index >= 15 is 0 Å². The summed E-state index contributed by atoms with van der Waals surface area (Å²) in [4.78, 5) is 19.4. The molecule has 1 aromatic carbocycles. The van der Waals surface area contributed by atoms with Gasteiger partial charge in [0, 0.05) is 23.4 Å². The number of nitrogens with zero attached hydrogens (tertiary/aromatic N) is 2. The summed E-state index contributed by atoms with van der Waals surface area (Å²) >= 11 is 7.66. The Morgan fingerprint density at radius 1 is 1.44 bits per heavy atom. The fourth-order valence-corrected chi connectivity index (χ4v) is 4.34. The number of aryl methyl sites for hydroxylation is 1. The Hall–Kier alpha value is -1.93. The maximum Gasteiger partial charge on any atom is 0.285 e. The van der Waals surface area contributed by atoms with Crippen LogP contribution < -0.4 is 5.48 Å². The van der Waals surface area contributed by atoms with E-state index in [1.165, 1.54) is 11.3 Å². The highest BCUT2D eigenvalue weighted by Crippen LogP contribution is 2.29. The number of hydrogen-bond acceptors (Lipinski definition) is 5. The number of ether oxygens (including phenoxy) is 1. The molecule has 0 bridgehead atoms. The summed E-state index contributed by atoms with van der Waals surface area (Å²) in [5, 5.41) is 6.26. The molecule has 3 heterocycles. The average molecular weight is 406 g/mol. The van der Waals surface area contributed by atoms with E-state index < -0.39 is 0 Å². The molecule has 0 radical (unpaired) electrons. The van der Waals surface area contributed by atoms with Gasteiger partial charge in [-0.15, -0.1) is 11.3 Å². The van der Waals surface area contributed by atoms with Crippen LogP contribution in [0.2, 0.25) is 5.02 Å². The zero-order valence-corrected chi connectivity index (χ0v) is 16.5. The molecule has 6 nitrogen and oxygen atoms in total. The first-order chi connectivity index (χ1) is 13.1. The molecular weight excluding hydrogens is 386 g/mol. The summed E-state index contributed by atoms with van der Waals surface area (Å²) < 4.78 is 7.35. The first-order valence-electron chi connectivity index (χ1n) is 8.90. The Morgan fingerprint density at radius 3 is 3.07 bits per heavy atom. The molecular formula is C19H20ClN3O3S. The van der Waals surface area contributed by atoms with Crippen LogP contribution in [-0.2, 0) is 16.1 Å². The average Bonchev–Trinajstić information content (AvgIpc) is 3.24. The Kier molecular flexibility index (Phi) is 5.45. The largest absolute Gasteiger partial charge is 0.350 e. The molecule has 1 N–H and O–H groups in total. The Bertz CT molecular complexity index is 962. The fraction of sp³-hybridized carbons (Fsp3) is 0.368. The predicted molar refractivity (Wildman–Crippen MR) is 105 cm³/mol. The van der Waals surface area contributed by atoms with E-state index in [2.05, 4.69) is 10.6 Å². The van der Waals surface area contributed by atoms with Crippen LogP contribution >= 0.6 is 22.9 Å². The Balaban J connectivity index is 1.51. The number of aromatic nitrogens is 2. The van der Waals surface area contributed by atoms with Crippen LogP contribution in [0.5, 0.6) is 0 Å². The van der Waals surface area contributed by atoms with Crippen LogP contribution in [-0.4, -0.2) is 28.6 Å². The molecule has 2 aromatic heterocycles. The van der Waals surface area contributed by atoms with Crippen molar-refractivity contribution < 1.29 is 14.4 Å². The lowest BCUT2D eigenvalue weighted by Gasteiger charge is -2.21. The van der Waals surface area contributed by atoms with Gasteiger partial charge in [0.15, 0.2) is 6.29 Å². The highest BCUT2D eigenvalue weighted by Gasteiger charge is 2.20. The molecule has 0 aliphatic carbocycles. The summed E-state index contributed by atoms with van der Waals surface area (Å²) in [6, 6.07) is 9.55. The van der Waals surface area contributed by atoms with Crippen molar-refractivity contribution >= 4 is 39.1 Å². The minimum absolute atomic E-state index is 0.269. The minimum Gasteiger partial charge on any atom is -0.350 e. The molecule has 1 aliphatic rings. The molecule has 0 spiro atoms. The zero-order valence-electron chi connectivity index (χ0n) is 14.9. The maximum absolute atomic E-state index is 12.5. The molecule has 0 unspecified atom stereocenters. The van der Waals surface area contributed by atoms with E-state index in [1.807, 2.05) is 41.9 Å². The molecule has 1 saturated heterocycles. The van der Waals surface area contributed by atoms with Crippen molar-refractivity contribution in [2.45, 2.75) is 39.0 Å². The molecule has 3 aromatic rings. The lowest BCUT2D eigenvalue weighted by molar-refractivity contribution is -0.186. The molecule has 1 aliphatic heterocycles. The van der Waals surface area contributed by atoms with Gasteiger partial charge in [0.2, 0.25) is 0 Å². The van der Waals surface area contributed by atoms with Gasteiger partial charge < -0.3 is 4.74 Å². The van der Waals surface area contributed by atoms with Crippen molar-refractivity contribution in [1.29, 1.82) is 0 Å². The Morgan fingerprint density at radius 2 is 2.30 bits per heavy atom. The van der Waals surface area contributed by atoms with E-state index in [4.69, 9.17) is 21.2 Å². The maximum atomic E-state index is 12.5. The highest BCUT2D eigenvalue weighted by atomic mass is 35.5. The third kappa shape index (κ3) is 4.01. The second kappa shape index (κ2) is 7.98. The third-order valence-corrected chi connectivity index (χ3v) is 6.05. The van der Waals surface area contributed by atoms with Crippen molar-refractivity contribution in [3.63, 3.8) is 0 Å². The van der Waals surface area contributed by atoms with Crippen LogP contribution in [0.4, 0.5) is 0 Å². The molecule has 142 valence electrons.